The first-order chi connectivity index (χ1) is 10.7. The van der Waals surface area contributed by atoms with Gasteiger partial charge in [0.1, 0.15) is 0 Å². The van der Waals surface area contributed by atoms with Crippen molar-refractivity contribution in [1.82, 2.24) is 25.9 Å². The van der Waals surface area contributed by atoms with E-state index in [1.165, 1.54) is 6.42 Å². The van der Waals surface area contributed by atoms with Crippen molar-refractivity contribution in [3.05, 3.63) is 23.2 Å². The van der Waals surface area contributed by atoms with Gasteiger partial charge in [-0.1, -0.05) is 30.9 Å². The van der Waals surface area contributed by atoms with Crippen molar-refractivity contribution >= 4 is 23.3 Å². The molecule has 1 aliphatic carbocycles. The molecular weight excluding hydrogens is 304 g/mol. The minimum atomic E-state index is -0.233. The van der Waals surface area contributed by atoms with Crippen LogP contribution in [0.3, 0.4) is 0 Å². The lowest BCUT2D eigenvalue weighted by Gasteiger charge is -2.23. The second-order valence-electron chi connectivity index (χ2n) is 5.37. The van der Waals surface area contributed by atoms with E-state index in [-0.39, 0.29) is 12.1 Å². The van der Waals surface area contributed by atoms with Crippen LogP contribution in [-0.2, 0) is 0 Å². The highest BCUT2D eigenvalue weighted by atomic mass is 35.5. The van der Waals surface area contributed by atoms with Crippen LogP contribution in [-0.4, -0.2) is 32.7 Å². The SMILES string of the molecule is O=C(Nc1cc(Cl)ccc1-c1nnn[nH]1)NC1CCCCC1. The summed E-state index contributed by atoms with van der Waals surface area (Å²) in [6.07, 6.45) is 5.63. The van der Waals surface area contributed by atoms with Crippen LogP contribution in [0.15, 0.2) is 18.2 Å². The van der Waals surface area contributed by atoms with Crippen LogP contribution in [0.2, 0.25) is 5.02 Å². The number of aromatic nitrogens is 4. The number of hydrogen-bond donors (Lipinski definition) is 3. The summed E-state index contributed by atoms with van der Waals surface area (Å²) in [6.45, 7) is 0. The molecule has 1 fully saturated rings. The van der Waals surface area contributed by atoms with Crippen LogP contribution < -0.4 is 10.6 Å². The molecule has 1 saturated carbocycles. The number of nitrogens with one attached hydrogen (secondary N) is 3. The van der Waals surface area contributed by atoms with Crippen molar-refractivity contribution in [2.75, 3.05) is 5.32 Å². The molecule has 0 unspecified atom stereocenters. The topological polar surface area (TPSA) is 95.6 Å². The second kappa shape index (κ2) is 6.74. The summed E-state index contributed by atoms with van der Waals surface area (Å²) in [4.78, 5) is 12.2. The summed E-state index contributed by atoms with van der Waals surface area (Å²) in [5.41, 5.74) is 1.26. The number of benzene rings is 1. The Balaban J connectivity index is 1.73. The Morgan fingerprint density at radius 1 is 1.27 bits per heavy atom. The average molecular weight is 321 g/mol. The lowest BCUT2D eigenvalue weighted by molar-refractivity contribution is 0.244. The van der Waals surface area contributed by atoms with Crippen molar-refractivity contribution in [3.63, 3.8) is 0 Å². The molecule has 7 nitrogen and oxygen atoms in total. The van der Waals surface area contributed by atoms with Crippen molar-refractivity contribution in [2.45, 2.75) is 38.1 Å². The number of tetrazole rings is 1. The molecule has 1 aromatic heterocycles. The first kappa shape index (κ1) is 14.8. The highest BCUT2D eigenvalue weighted by Crippen LogP contribution is 2.28. The number of halogens is 1. The highest BCUT2D eigenvalue weighted by molar-refractivity contribution is 6.31. The zero-order valence-electron chi connectivity index (χ0n) is 12.0. The maximum Gasteiger partial charge on any atom is 0.319 e. The average Bonchev–Trinajstić information content (AvgIpc) is 3.02. The maximum absolute atomic E-state index is 12.2. The van der Waals surface area contributed by atoms with Crippen molar-refractivity contribution < 1.29 is 4.79 Å². The number of rotatable bonds is 3. The molecular formula is C14H17ClN6O. The molecule has 1 aliphatic rings. The zero-order valence-corrected chi connectivity index (χ0v) is 12.7. The smallest absolute Gasteiger partial charge is 0.319 e. The van der Waals surface area contributed by atoms with Gasteiger partial charge in [0.15, 0.2) is 5.82 Å². The largest absolute Gasteiger partial charge is 0.335 e. The number of nitrogens with zero attached hydrogens (tertiary/aromatic N) is 3. The van der Waals surface area contributed by atoms with Gasteiger partial charge >= 0.3 is 6.03 Å². The van der Waals surface area contributed by atoms with Crippen LogP contribution in [0, 0.1) is 0 Å². The Morgan fingerprint density at radius 2 is 2.09 bits per heavy atom. The van der Waals surface area contributed by atoms with Gasteiger partial charge in [0.05, 0.1) is 5.69 Å². The van der Waals surface area contributed by atoms with Crippen LogP contribution in [0.4, 0.5) is 10.5 Å². The van der Waals surface area contributed by atoms with Gasteiger partial charge in [0.25, 0.3) is 0 Å². The standard InChI is InChI=1S/C14H17ClN6O/c15-9-6-7-11(13-18-20-21-19-13)12(8-9)17-14(22)16-10-4-2-1-3-5-10/h6-8,10H,1-5H2,(H2,16,17,22)(H,18,19,20,21). The number of carbonyl (C=O) groups is 1. The van der Waals surface area contributed by atoms with Gasteiger partial charge in [-0.2, -0.15) is 0 Å². The molecule has 0 spiro atoms. The maximum atomic E-state index is 12.2. The Kier molecular flexibility index (Phi) is 4.53. The second-order valence-corrected chi connectivity index (χ2v) is 5.81. The summed E-state index contributed by atoms with van der Waals surface area (Å²) >= 11 is 6.02. The fraction of sp³-hybridized carbons (Fsp3) is 0.429. The van der Waals surface area contributed by atoms with E-state index in [2.05, 4.69) is 31.3 Å². The predicted octanol–water partition coefficient (Wildman–Crippen LogP) is 2.97. The van der Waals surface area contributed by atoms with E-state index in [0.29, 0.717) is 22.1 Å². The molecule has 0 radical (unpaired) electrons. The number of carbonyl (C=O) groups excluding carboxylic acids is 1. The van der Waals surface area contributed by atoms with Crippen molar-refractivity contribution in [1.29, 1.82) is 0 Å². The number of amides is 2. The molecule has 2 amide bonds. The number of anilines is 1. The first-order valence-corrected chi connectivity index (χ1v) is 7.71. The van der Waals surface area contributed by atoms with Crippen molar-refractivity contribution in [3.8, 4) is 11.4 Å². The van der Waals surface area contributed by atoms with Crippen LogP contribution in [0.1, 0.15) is 32.1 Å². The Morgan fingerprint density at radius 3 is 2.82 bits per heavy atom. The van der Waals surface area contributed by atoms with Crippen LogP contribution >= 0.6 is 11.6 Å². The summed E-state index contributed by atoms with van der Waals surface area (Å²) in [5, 5.41) is 20.0. The highest BCUT2D eigenvalue weighted by Gasteiger charge is 2.17. The molecule has 116 valence electrons. The quantitative estimate of drug-likeness (QED) is 0.810. The molecule has 22 heavy (non-hydrogen) atoms. The fourth-order valence-electron chi connectivity index (χ4n) is 2.69. The zero-order chi connectivity index (χ0) is 15.4. The first-order valence-electron chi connectivity index (χ1n) is 7.33. The predicted molar refractivity (Wildman–Crippen MR) is 83.7 cm³/mol. The number of hydrogen-bond acceptors (Lipinski definition) is 4. The normalized spacial score (nSPS) is 15.5. The van der Waals surface area contributed by atoms with Gasteiger partial charge in [-0.25, -0.2) is 9.89 Å². The van der Waals surface area contributed by atoms with Gasteiger partial charge in [-0.15, -0.1) is 5.10 Å². The molecule has 0 saturated heterocycles. The Bertz CT molecular complexity index is 639. The monoisotopic (exact) mass is 320 g/mol. The van der Waals surface area contributed by atoms with Crippen molar-refractivity contribution in [2.24, 2.45) is 0 Å². The summed E-state index contributed by atoms with van der Waals surface area (Å²) < 4.78 is 0. The summed E-state index contributed by atoms with van der Waals surface area (Å²) in [5.74, 6) is 0.477. The van der Waals surface area contributed by atoms with E-state index < -0.39 is 0 Å². The fourth-order valence-corrected chi connectivity index (χ4v) is 2.86. The molecule has 1 aromatic carbocycles. The molecule has 2 aromatic rings. The van der Waals surface area contributed by atoms with E-state index in [4.69, 9.17) is 11.6 Å². The summed E-state index contributed by atoms with van der Waals surface area (Å²) in [7, 11) is 0. The molecule has 3 N–H and O–H groups in total. The van der Waals surface area contributed by atoms with Gasteiger partial charge in [-0.3, -0.25) is 0 Å². The number of urea groups is 1. The van der Waals surface area contributed by atoms with Crippen LogP contribution in [0.25, 0.3) is 11.4 Å². The molecule has 0 atom stereocenters. The van der Waals surface area contributed by atoms with Gasteiger partial charge in [0.2, 0.25) is 0 Å². The Labute approximate surface area is 132 Å². The molecule has 3 rings (SSSR count). The minimum Gasteiger partial charge on any atom is -0.335 e. The molecule has 0 bridgehead atoms. The molecule has 1 heterocycles. The third-order valence-electron chi connectivity index (χ3n) is 3.77. The lowest BCUT2D eigenvalue weighted by Crippen LogP contribution is -2.39. The van der Waals surface area contributed by atoms with Gasteiger partial charge in [0, 0.05) is 16.6 Å². The Hall–Kier alpha value is -2.15. The van der Waals surface area contributed by atoms with E-state index >= 15 is 0 Å². The molecule has 8 heteroatoms. The minimum absolute atomic E-state index is 0.233. The van der Waals surface area contributed by atoms with Crippen LogP contribution in [0.5, 0.6) is 0 Å². The van der Waals surface area contributed by atoms with E-state index in [1.54, 1.807) is 18.2 Å². The third-order valence-corrected chi connectivity index (χ3v) is 4.01. The third kappa shape index (κ3) is 3.54. The molecule has 0 aliphatic heterocycles. The number of aromatic amines is 1. The van der Waals surface area contributed by atoms with E-state index in [9.17, 15) is 4.79 Å². The summed E-state index contributed by atoms with van der Waals surface area (Å²) in [6, 6.07) is 5.18. The van der Waals surface area contributed by atoms with E-state index in [1.807, 2.05) is 0 Å². The lowest BCUT2D eigenvalue weighted by atomic mass is 9.96. The van der Waals surface area contributed by atoms with Gasteiger partial charge < -0.3 is 10.6 Å². The van der Waals surface area contributed by atoms with E-state index in [0.717, 1.165) is 25.7 Å². The number of H-pyrrole nitrogens is 1. The van der Waals surface area contributed by atoms with Gasteiger partial charge in [-0.05, 0) is 41.5 Å².